The van der Waals surface area contributed by atoms with Crippen molar-refractivity contribution in [2.24, 2.45) is 0 Å². The van der Waals surface area contributed by atoms with Gasteiger partial charge in [-0.05, 0) is 85.0 Å². The van der Waals surface area contributed by atoms with E-state index in [1.165, 1.54) is 21.8 Å². The Morgan fingerprint density at radius 3 is 1.78 bits per heavy atom. The monoisotopic (exact) mass is 1250 g/mol. The molecule has 83 heavy (non-hydrogen) atoms. The van der Waals surface area contributed by atoms with Gasteiger partial charge in [0, 0.05) is 104 Å². The molecule has 1 saturated heterocycles. The zero-order valence-corrected chi connectivity index (χ0v) is 55.1. The summed E-state index contributed by atoms with van der Waals surface area (Å²) in [5.41, 5.74) is 10.1. The number of benzene rings is 4. The summed E-state index contributed by atoms with van der Waals surface area (Å²) in [6.45, 7) is 30.1. The van der Waals surface area contributed by atoms with Gasteiger partial charge in [-0.25, -0.2) is 28.7 Å². The predicted octanol–water partition coefficient (Wildman–Crippen LogP) is 20.3. The van der Waals surface area contributed by atoms with Crippen molar-refractivity contribution in [3.05, 3.63) is 157 Å². The molecule has 9 aromatic rings. The van der Waals surface area contributed by atoms with Crippen LogP contribution in [0.1, 0.15) is 133 Å². The molecule has 0 unspecified atom stereocenters. The number of rotatable bonds is 7. The second-order valence-electron chi connectivity index (χ2n) is 24.8. The average molecular weight is 1260 g/mol. The first kappa shape index (κ1) is 63.6. The highest BCUT2D eigenvalue weighted by Crippen LogP contribution is 2.42. The standard InChI is InChI=1S/C19H24F2N2S.C16H15ClN2S.C16H20N2S.C13H12Cl2N2O2S/c1-5-14-17(22-18(24-14)19(2,3)4)12-8-9-13(16(21)15(12)20)23-10-6-7-11-23;1-16(2,3)15-19-13(9-20-15)11-7-10-5-4-6-12(17)14(10)18-8-11;1-16(2,3)15-17-13(10-19-15)12-6-5-11-7-8-18(4)14(11)9-12;1-13(2,3)12-16-10(11(20-12)17(18)19)7-4-5-8(14)9(15)6-7/h8-9H,5-7,10-11H2,1-4H3;4-9H,1-3H3;5-6,9-10H,7-8H2,1-4H3;4-6H,1-3H3. The van der Waals surface area contributed by atoms with Gasteiger partial charge in [0.25, 0.3) is 0 Å². The number of anilines is 2. The summed E-state index contributed by atoms with van der Waals surface area (Å²) in [6, 6.07) is 22.9. The Hall–Kier alpha value is -5.46. The van der Waals surface area contributed by atoms with E-state index in [4.69, 9.17) is 44.8 Å². The molecule has 2 aliphatic rings. The van der Waals surface area contributed by atoms with Crippen LogP contribution in [-0.4, -0.2) is 56.5 Å². The maximum absolute atomic E-state index is 14.8. The maximum Gasteiger partial charge on any atom is 0.351 e. The maximum atomic E-state index is 14.8. The minimum atomic E-state index is -0.778. The number of nitro groups is 1. The number of aromatic nitrogens is 5. The minimum Gasteiger partial charge on any atom is -0.374 e. The first-order valence-corrected chi connectivity index (χ1v) is 32.1. The normalized spacial score (nSPS) is 13.5. The molecule has 5 aromatic heterocycles. The van der Waals surface area contributed by atoms with Crippen LogP contribution in [-0.2, 0) is 34.5 Å². The second-order valence-corrected chi connectivity index (χ2v) is 29.8. The molecule has 0 N–H and O–H groups in total. The molecule has 11 rings (SSSR count). The van der Waals surface area contributed by atoms with E-state index in [1.807, 2.05) is 57.0 Å². The van der Waals surface area contributed by atoms with Gasteiger partial charge >= 0.3 is 5.00 Å². The van der Waals surface area contributed by atoms with Crippen LogP contribution in [0.15, 0.2) is 89.8 Å². The highest BCUT2D eigenvalue weighted by atomic mass is 35.5. The Morgan fingerprint density at radius 2 is 1.20 bits per heavy atom. The lowest BCUT2D eigenvalue weighted by Gasteiger charge is -2.19. The third-order valence-electron chi connectivity index (χ3n) is 13.8. The van der Waals surface area contributed by atoms with Gasteiger partial charge in [-0.1, -0.05) is 155 Å². The van der Waals surface area contributed by atoms with E-state index in [2.05, 4.69) is 124 Å². The molecule has 1 fully saturated rings. The molecular weight excluding hydrogens is 1190 g/mol. The van der Waals surface area contributed by atoms with E-state index in [9.17, 15) is 18.9 Å². The van der Waals surface area contributed by atoms with Crippen LogP contribution in [0, 0.1) is 21.7 Å². The van der Waals surface area contributed by atoms with E-state index in [1.54, 1.807) is 64.3 Å². The summed E-state index contributed by atoms with van der Waals surface area (Å²) in [6.07, 6.45) is 5.83. The molecule has 0 aliphatic carbocycles. The predicted molar refractivity (Wildman–Crippen MR) is 350 cm³/mol. The van der Waals surface area contributed by atoms with Crippen molar-refractivity contribution in [2.75, 3.05) is 36.5 Å². The van der Waals surface area contributed by atoms with Gasteiger partial charge in [0.05, 0.1) is 63.3 Å². The first-order chi connectivity index (χ1) is 38.9. The van der Waals surface area contributed by atoms with Crippen molar-refractivity contribution in [1.29, 1.82) is 0 Å². The molecule has 0 bridgehead atoms. The van der Waals surface area contributed by atoms with Crippen LogP contribution in [0.5, 0.6) is 0 Å². The Bertz CT molecular complexity index is 3780. The third-order valence-corrected chi connectivity index (χ3v) is 20.4. The zero-order chi connectivity index (χ0) is 60.5. The number of fused-ring (bicyclic) bond motifs is 2. The average Bonchev–Trinajstić information content (AvgIpc) is 3.55. The molecule has 7 heterocycles. The number of pyridine rings is 1. The van der Waals surface area contributed by atoms with Crippen LogP contribution >= 0.6 is 80.1 Å². The summed E-state index contributed by atoms with van der Waals surface area (Å²) in [5, 5.41) is 22.0. The lowest BCUT2D eigenvalue weighted by atomic mass is 9.98. The number of halogens is 5. The van der Waals surface area contributed by atoms with Gasteiger partial charge in [-0.2, -0.15) is 0 Å². The fraction of sp³-hybridized carbons (Fsp3) is 0.391. The Morgan fingerprint density at radius 1 is 0.614 bits per heavy atom. The largest absolute Gasteiger partial charge is 0.374 e. The highest BCUT2D eigenvalue weighted by molar-refractivity contribution is 7.15. The number of likely N-dealkylation sites (N-methyl/N-ethyl adjacent to an activating group) is 1. The number of thiazole rings is 4. The van der Waals surface area contributed by atoms with Gasteiger partial charge in [-0.15, -0.1) is 34.0 Å². The number of hydrogen-bond donors (Lipinski definition) is 0. The lowest BCUT2D eigenvalue weighted by molar-refractivity contribution is -0.379. The molecule has 4 aromatic carbocycles. The molecule has 0 spiro atoms. The Kier molecular flexibility index (Phi) is 19.6. The summed E-state index contributed by atoms with van der Waals surface area (Å²) < 4.78 is 29.4. The molecule has 2 aliphatic heterocycles. The second kappa shape index (κ2) is 25.6. The summed E-state index contributed by atoms with van der Waals surface area (Å²) in [5.74, 6) is -1.53. The molecule has 0 saturated carbocycles. The Labute approximate surface area is 518 Å². The summed E-state index contributed by atoms with van der Waals surface area (Å²) in [4.78, 5) is 39.1. The minimum absolute atomic E-state index is 0.0216. The topological polar surface area (TPSA) is 114 Å². The summed E-state index contributed by atoms with van der Waals surface area (Å²) in [7, 11) is 2.16. The Balaban J connectivity index is 0.000000145. The number of aryl methyl sites for hydroxylation is 1. The molecular formula is C64H71Cl3F2N8O2S4. The van der Waals surface area contributed by atoms with Gasteiger partial charge in [0.2, 0.25) is 0 Å². The van der Waals surface area contributed by atoms with Crippen molar-refractivity contribution in [1.82, 2.24) is 24.9 Å². The third kappa shape index (κ3) is 15.0. The molecule has 19 heteroatoms. The molecule has 438 valence electrons. The van der Waals surface area contributed by atoms with Crippen LogP contribution in [0.3, 0.4) is 0 Å². The van der Waals surface area contributed by atoms with Crippen LogP contribution in [0.4, 0.5) is 25.2 Å². The van der Waals surface area contributed by atoms with Crippen molar-refractivity contribution >= 4 is 107 Å². The van der Waals surface area contributed by atoms with E-state index >= 15 is 0 Å². The zero-order valence-electron chi connectivity index (χ0n) is 49.5. The van der Waals surface area contributed by atoms with Crippen LogP contribution in [0.2, 0.25) is 15.1 Å². The van der Waals surface area contributed by atoms with Gasteiger partial charge < -0.3 is 9.80 Å². The molecule has 0 amide bonds. The fourth-order valence-electron chi connectivity index (χ4n) is 9.10. The first-order valence-electron chi connectivity index (χ1n) is 27.6. The van der Waals surface area contributed by atoms with Gasteiger partial charge in [-0.3, -0.25) is 15.1 Å². The fourth-order valence-corrected chi connectivity index (χ4v) is 13.5. The van der Waals surface area contributed by atoms with Crippen LogP contribution < -0.4 is 9.80 Å². The van der Waals surface area contributed by atoms with E-state index in [0.29, 0.717) is 42.7 Å². The van der Waals surface area contributed by atoms with Crippen molar-refractivity contribution in [2.45, 2.75) is 137 Å². The van der Waals surface area contributed by atoms with Crippen molar-refractivity contribution in [3.63, 3.8) is 0 Å². The quantitative estimate of drug-likeness (QED) is 0.114. The highest BCUT2D eigenvalue weighted by Gasteiger charge is 2.30. The number of hydrogen-bond acceptors (Lipinski definition) is 13. The number of nitrogens with zero attached hydrogens (tertiary/aromatic N) is 8. The van der Waals surface area contributed by atoms with E-state index in [-0.39, 0.29) is 32.2 Å². The number of para-hydroxylation sites is 1. The SMILES string of the molecule is CC(C)(C)c1nc(-c2ccc(Cl)c(Cl)c2)c([N+](=O)[O-])s1.CC(C)(C)c1nc(-c2cnc3c(Cl)cccc3c2)cs1.CCc1sc(C(C)(C)C)nc1-c1ccc(N2CCCC2)c(F)c1F.CN1CCc2ccc(-c3csc(C(C)(C)C)n3)cc21. The van der Waals surface area contributed by atoms with E-state index in [0.717, 1.165) is 99.4 Å². The van der Waals surface area contributed by atoms with Crippen molar-refractivity contribution in [3.8, 4) is 45.0 Å². The molecule has 10 nitrogen and oxygen atoms in total. The van der Waals surface area contributed by atoms with Crippen molar-refractivity contribution < 1.29 is 13.7 Å². The summed E-state index contributed by atoms with van der Waals surface area (Å²) >= 11 is 24.1. The smallest absolute Gasteiger partial charge is 0.351 e. The lowest BCUT2D eigenvalue weighted by Crippen LogP contribution is -2.19. The van der Waals surface area contributed by atoms with Gasteiger partial charge in [0.15, 0.2) is 17.3 Å². The molecule has 0 radical (unpaired) electrons. The molecule has 0 atom stereocenters. The van der Waals surface area contributed by atoms with E-state index < -0.39 is 16.6 Å². The van der Waals surface area contributed by atoms with Crippen LogP contribution in [0.25, 0.3) is 55.9 Å². The van der Waals surface area contributed by atoms with Gasteiger partial charge in [0.1, 0.15) is 5.01 Å².